The summed E-state index contributed by atoms with van der Waals surface area (Å²) in [6.45, 7) is 0.0859. The van der Waals surface area contributed by atoms with E-state index in [9.17, 15) is 19.5 Å². The standard InChI is InChI=1S/C26H28N2O6/c1-33-15-23(25(30)31)28-24(29)16-7-6-8-17(13-16)27-26(32)34-14-22-20-11-4-2-9-18(20)19-10-3-5-12-21(19)22/h2-6,8-12,16-17,22-23H,7,13-15H2,1H3,(H,27,32)(H,28,29)(H,30,31)/t16-,17-,23+/m1/s1. The highest BCUT2D eigenvalue weighted by Crippen LogP contribution is 2.44. The Hall–Kier alpha value is -3.65. The third-order valence-corrected chi connectivity index (χ3v) is 6.29. The molecule has 0 bridgehead atoms. The number of carboxylic acids is 1. The largest absolute Gasteiger partial charge is 0.480 e. The van der Waals surface area contributed by atoms with Crippen LogP contribution < -0.4 is 10.6 Å². The number of nitrogens with one attached hydrogen (secondary N) is 2. The molecule has 2 amide bonds. The van der Waals surface area contributed by atoms with E-state index in [1.54, 1.807) is 0 Å². The molecule has 178 valence electrons. The normalized spacial score (nSPS) is 19.6. The number of aliphatic carboxylic acids is 1. The molecular weight excluding hydrogens is 436 g/mol. The quantitative estimate of drug-likeness (QED) is 0.518. The van der Waals surface area contributed by atoms with Gasteiger partial charge in [0.25, 0.3) is 0 Å². The predicted molar refractivity (Wildman–Crippen MR) is 125 cm³/mol. The van der Waals surface area contributed by atoms with E-state index in [0.29, 0.717) is 12.8 Å². The van der Waals surface area contributed by atoms with Crippen LogP contribution in [-0.4, -0.2) is 55.5 Å². The molecule has 0 aromatic heterocycles. The molecule has 0 spiro atoms. The molecule has 3 atom stereocenters. The Morgan fingerprint density at radius 1 is 1.06 bits per heavy atom. The number of ether oxygens (including phenoxy) is 2. The first-order chi connectivity index (χ1) is 16.5. The van der Waals surface area contributed by atoms with Gasteiger partial charge in [0.1, 0.15) is 6.61 Å². The Labute approximate surface area is 198 Å². The van der Waals surface area contributed by atoms with Crippen LogP contribution in [0.3, 0.4) is 0 Å². The van der Waals surface area contributed by atoms with Crippen LogP contribution in [0, 0.1) is 5.92 Å². The molecule has 0 fully saturated rings. The van der Waals surface area contributed by atoms with Crippen LogP contribution in [0.2, 0.25) is 0 Å². The van der Waals surface area contributed by atoms with Gasteiger partial charge in [-0.1, -0.05) is 60.7 Å². The monoisotopic (exact) mass is 464 g/mol. The topological polar surface area (TPSA) is 114 Å². The molecular formula is C26H28N2O6. The molecule has 2 aliphatic rings. The molecule has 0 saturated heterocycles. The zero-order chi connectivity index (χ0) is 24.1. The lowest BCUT2D eigenvalue weighted by atomic mass is 9.90. The lowest BCUT2D eigenvalue weighted by molar-refractivity contribution is -0.144. The number of carbonyl (C=O) groups is 3. The van der Waals surface area contributed by atoms with Crippen molar-refractivity contribution >= 4 is 18.0 Å². The van der Waals surface area contributed by atoms with Gasteiger partial charge in [-0.3, -0.25) is 4.79 Å². The Kier molecular flexibility index (Phi) is 7.27. The highest BCUT2D eigenvalue weighted by atomic mass is 16.5. The molecule has 2 aliphatic carbocycles. The minimum atomic E-state index is -1.16. The summed E-state index contributed by atoms with van der Waals surface area (Å²) in [7, 11) is 1.37. The summed E-state index contributed by atoms with van der Waals surface area (Å²) in [4.78, 5) is 36.4. The van der Waals surface area contributed by atoms with Gasteiger partial charge in [0.05, 0.1) is 12.6 Å². The second kappa shape index (κ2) is 10.5. The summed E-state index contributed by atoms with van der Waals surface area (Å²) < 4.78 is 10.4. The van der Waals surface area contributed by atoms with E-state index in [0.717, 1.165) is 22.3 Å². The average Bonchev–Trinajstić information content (AvgIpc) is 3.16. The molecule has 0 unspecified atom stereocenters. The van der Waals surface area contributed by atoms with Crippen molar-refractivity contribution in [1.82, 2.24) is 10.6 Å². The molecule has 3 N–H and O–H groups in total. The number of fused-ring (bicyclic) bond motifs is 3. The van der Waals surface area contributed by atoms with E-state index in [1.165, 1.54) is 7.11 Å². The second-order valence-corrected chi connectivity index (χ2v) is 8.53. The van der Waals surface area contributed by atoms with E-state index in [1.807, 2.05) is 36.4 Å². The molecule has 8 nitrogen and oxygen atoms in total. The molecule has 0 heterocycles. The lowest BCUT2D eigenvalue weighted by Gasteiger charge is -2.26. The first-order valence-corrected chi connectivity index (χ1v) is 11.3. The van der Waals surface area contributed by atoms with E-state index < -0.39 is 24.0 Å². The molecule has 8 heteroatoms. The van der Waals surface area contributed by atoms with Gasteiger partial charge in [-0.25, -0.2) is 9.59 Å². The zero-order valence-electron chi connectivity index (χ0n) is 18.9. The Bertz CT molecular complexity index is 1050. The van der Waals surface area contributed by atoms with Gasteiger partial charge in [-0.05, 0) is 35.1 Å². The summed E-state index contributed by atoms with van der Waals surface area (Å²) in [6.07, 6.45) is 3.91. The number of allylic oxidation sites excluding steroid dienone is 1. The fraction of sp³-hybridized carbons (Fsp3) is 0.346. The number of carbonyl (C=O) groups excluding carboxylic acids is 2. The first-order valence-electron chi connectivity index (χ1n) is 11.3. The van der Waals surface area contributed by atoms with Crippen molar-refractivity contribution in [3.05, 3.63) is 71.8 Å². The third-order valence-electron chi connectivity index (χ3n) is 6.29. The van der Waals surface area contributed by atoms with Crippen LogP contribution in [-0.2, 0) is 19.1 Å². The fourth-order valence-electron chi connectivity index (χ4n) is 4.63. The van der Waals surface area contributed by atoms with Crippen LogP contribution in [0.5, 0.6) is 0 Å². The van der Waals surface area contributed by atoms with Crippen molar-refractivity contribution in [3.8, 4) is 11.1 Å². The van der Waals surface area contributed by atoms with Crippen LogP contribution >= 0.6 is 0 Å². The van der Waals surface area contributed by atoms with E-state index >= 15 is 0 Å². The number of carboxylic acid groups (broad SMARTS) is 1. The minimum absolute atomic E-state index is 0.0349. The van der Waals surface area contributed by atoms with Crippen molar-refractivity contribution < 1.29 is 29.0 Å². The maximum absolute atomic E-state index is 12.6. The SMILES string of the molecule is COC[C@H](NC(=O)[C@@H]1CC=C[C@@H](NC(=O)OCC2c3ccccc3-c3ccccc32)C1)C(=O)O. The zero-order valence-corrected chi connectivity index (χ0v) is 18.9. The van der Waals surface area contributed by atoms with Crippen molar-refractivity contribution in [2.24, 2.45) is 5.92 Å². The number of benzene rings is 2. The summed E-state index contributed by atoms with van der Waals surface area (Å²) >= 11 is 0. The summed E-state index contributed by atoms with van der Waals surface area (Å²) in [5.74, 6) is -2.03. The van der Waals surface area contributed by atoms with E-state index in [-0.39, 0.29) is 31.1 Å². The van der Waals surface area contributed by atoms with Gasteiger partial charge in [-0.2, -0.15) is 0 Å². The molecule has 0 radical (unpaired) electrons. The summed E-state index contributed by atoms with van der Waals surface area (Å²) in [5, 5.41) is 14.5. The smallest absolute Gasteiger partial charge is 0.407 e. The minimum Gasteiger partial charge on any atom is -0.480 e. The second-order valence-electron chi connectivity index (χ2n) is 8.53. The number of amides is 2. The Balaban J connectivity index is 1.32. The predicted octanol–water partition coefficient (Wildman–Crippen LogP) is 3.08. The highest BCUT2D eigenvalue weighted by molar-refractivity contribution is 5.85. The molecule has 2 aromatic carbocycles. The maximum atomic E-state index is 12.6. The van der Waals surface area contributed by atoms with Crippen molar-refractivity contribution in [3.63, 3.8) is 0 Å². The maximum Gasteiger partial charge on any atom is 0.407 e. The van der Waals surface area contributed by atoms with Gasteiger partial charge in [0, 0.05) is 18.9 Å². The lowest BCUT2D eigenvalue weighted by Crippen LogP contribution is -2.48. The summed E-state index contributed by atoms with van der Waals surface area (Å²) in [5.41, 5.74) is 4.58. The molecule has 2 aromatic rings. The van der Waals surface area contributed by atoms with Crippen LogP contribution in [0.15, 0.2) is 60.7 Å². The van der Waals surface area contributed by atoms with Gasteiger partial charge >= 0.3 is 12.1 Å². The van der Waals surface area contributed by atoms with Crippen molar-refractivity contribution in [2.75, 3.05) is 20.3 Å². The van der Waals surface area contributed by atoms with Crippen molar-refractivity contribution in [2.45, 2.75) is 30.8 Å². The average molecular weight is 465 g/mol. The van der Waals surface area contributed by atoms with Gasteiger partial charge in [0.15, 0.2) is 6.04 Å². The van der Waals surface area contributed by atoms with Gasteiger partial charge < -0.3 is 25.2 Å². The molecule has 0 saturated carbocycles. The third kappa shape index (κ3) is 5.12. The number of alkyl carbamates (subject to hydrolysis) is 1. The molecule has 4 rings (SSSR count). The first kappa shape index (κ1) is 23.5. The molecule has 34 heavy (non-hydrogen) atoms. The van der Waals surface area contributed by atoms with Crippen molar-refractivity contribution in [1.29, 1.82) is 0 Å². The van der Waals surface area contributed by atoms with Gasteiger partial charge in [-0.15, -0.1) is 0 Å². The highest BCUT2D eigenvalue weighted by Gasteiger charge is 2.31. The number of hydrogen-bond acceptors (Lipinski definition) is 5. The van der Waals surface area contributed by atoms with E-state index in [4.69, 9.17) is 9.47 Å². The Morgan fingerprint density at radius 2 is 1.71 bits per heavy atom. The number of rotatable bonds is 8. The van der Waals surface area contributed by atoms with E-state index in [2.05, 4.69) is 34.9 Å². The fourth-order valence-corrected chi connectivity index (χ4v) is 4.63. The number of hydrogen-bond donors (Lipinski definition) is 3. The van der Waals surface area contributed by atoms with Gasteiger partial charge in [0.2, 0.25) is 5.91 Å². The van der Waals surface area contributed by atoms with Crippen LogP contribution in [0.25, 0.3) is 11.1 Å². The molecule has 0 aliphatic heterocycles. The number of methoxy groups -OCH3 is 1. The Morgan fingerprint density at radius 3 is 2.32 bits per heavy atom. The summed E-state index contributed by atoms with van der Waals surface area (Å²) in [6, 6.07) is 14.7. The van der Waals surface area contributed by atoms with Crippen LogP contribution in [0.4, 0.5) is 4.79 Å². The van der Waals surface area contributed by atoms with Crippen LogP contribution in [0.1, 0.15) is 29.9 Å².